The lowest BCUT2D eigenvalue weighted by atomic mass is 10.2. The van der Waals surface area contributed by atoms with E-state index in [0.717, 1.165) is 4.31 Å². The maximum absolute atomic E-state index is 13.0. The van der Waals surface area contributed by atoms with Gasteiger partial charge in [0, 0.05) is 17.6 Å². The van der Waals surface area contributed by atoms with Gasteiger partial charge in [-0.05, 0) is 48.5 Å². The Hall–Kier alpha value is -3.30. The molecule has 0 atom stereocenters. The summed E-state index contributed by atoms with van der Waals surface area (Å²) in [5.74, 6) is -0.397. The molecule has 0 saturated carbocycles. The molecule has 0 spiro atoms. The molecule has 0 aliphatic rings. The Kier molecular flexibility index (Phi) is 6.98. The summed E-state index contributed by atoms with van der Waals surface area (Å²) in [6.07, 6.45) is 1.49. The monoisotopic (exact) mass is 461 g/mol. The fourth-order valence-electron chi connectivity index (χ4n) is 2.69. The van der Waals surface area contributed by atoms with Crippen LogP contribution in [0.3, 0.4) is 0 Å². The first-order valence-corrected chi connectivity index (χ1v) is 11.0. The minimum absolute atomic E-state index is 0.0649. The number of anilines is 1. The van der Waals surface area contributed by atoms with E-state index in [0.29, 0.717) is 16.5 Å². The minimum atomic E-state index is -3.92. The highest BCUT2D eigenvalue weighted by molar-refractivity contribution is 7.92. The van der Waals surface area contributed by atoms with Gasteiger partial charge in [0.15, 0.2) is 0 Å². The summed E-state index contributed by atoms with van der Waals surface area (Å²) in [5.41, 5.74) is 0.495. The van der Waals surface area contributed by atoms with E-state index >= 15 is 0 Å². The van der Waals surface area contributed by atoms with Crippen molar-refractivity contribution >= 4 is 39.1 Å². The van der Waals surface area contributed by atoms with Crippen molar-refractivity contribution in [2.75, 3.05) is 17.9 Å². The van der Waals surface area contributed by atoms with Crippen LogP contribution in [0.4, 0.5) is 5.69 Å². The van der Waals surface area contributed by atoms with E-state index in [1.165, 1.54) is 43.6 Å². The summed E-state index contributed by atoms with van der Waals surface area (Å²) >= 11 is 5.95. The van der Waals surface area contributed by atoms with Crippen molar-refractivity contribution in [1.29, 1.82) is 0 Å². The van der Waals surface area contributed by atoms with E-state index in [4.69, 9.17) is 16.0 Å². The van der Waals surface area contributed by atoms with Gasteiger partial charge in [0.25, 0.3) is 15.9 Å². The largest absolute Gasteiger partial charge is 0.467 e. The van der Waals surface area contributed by atoms with Gasteiger partial charge in [0.05, 0.1) is 29.9 Å². The molecule has 2 N–H and O–H groups in total. The van der Waals surface area contributed by atoms with Crippen LogP contribution in [0, 0.1) is 0 Å². The standard InChI is InChI=1S/C21H20ClN3O5S/c1-25(17-7-3-6-16(22)12-17)31(28,29)19-9-2-5-15(11-19)21(27)24-14-20(26)23-13-18-8-4-10-30-18/h2-12H,13-14H2,1H3,(H,23,26)(H,24,27). The summed E-state index contributed by atoms with van der Waals surface area (Å²) in [4.78, 5) is 24.2. The van der Waals surface area contributed by atoms with Gasteiger partial charge in [-0.1, -0.05) is 23.7 Å². The molecular weight excluding hydrogens is 442 g/mol. The number of nitrogens with one attached hydrogen (secondary N) is 2. The number of hydrogen-bond donors (Lipinski definition) is 2. The lowest BCUT2D eigenvalue weighted by molar-refractivity contribution is -0.120. The molecule has 1 heterocycles. The highest BCUT2D eigenvalue weighted by Gasteiger charge is 2.22. The third kappa shape index (κ3) is 5.65. The Morgan fingerprint density at radius 2 is 1.81 bits per heavy atom. The molecule has 0 aliphatic heterocycles. The highest BCUT2D eigenvalue weighted by atomic mass is 35.5. The Labute approximate surface area is 184 Å². The number of amides is 2. The topological polar surface area (TPSA) is 109 Å². The first kappa shape index (κ1) is 22.4. The lowest BCUT2D eigenvalue weighted by Gasteiger charge is -2.20. The van der Waals surface area contributed by atoms with E-state index in [1.54, 1.807) is 30.3 Å². The normalized spacial score (nSPS) is 11.0. The van der Waals surface area contributed by atoms with Gasteiger partial charge in [-0.3, -0.25) is 13.9 Å². The predicted octanol–water partition coefficient (Wildman–Crippen LogP) is 2.80. The second kappa shape index (κ2) is 9.67. The van der Waals surface area contributed by atoms with E-state index in [-0.39, 0.29) is 23.5 Å². The average Bonchev–Trinajstić information content (AvgIpc) is 3.29. The zero-order valence-corrected chi connectivity index (χ0v) is 18.1. The van der Waals surface area contributed by atoms with Crippen LogP contribution in [0.25, 0.3) is 0 Å². The lowest BCUT2D eigenvalue weighted by Crippen LogP contribution is -2.36. The molecule has 0 radical (unpaired) electrons. The van der Waals surface area contributed by atoms with Crippen LogP contribution in [0.15, 0.2) is 76.2 Å². The number of rotatable bonds is 8. The van der Waals surface area contributed by atoms with Crippen molar-refractivity contribution in [3.05, 3.63) is 83.3 Å². The average molecular weight is 462 g/mol. The molecule has 162 valence electrons. The van der Waals surface area contributed by atoms with E-state index in [1.807, 2.05) is 0 Å². The number of carbonyl (C=O) groups is 2. The summed E-state index contributed by atoms with van der Waals surface area (Å²) < 4.78 is 32.1. The molecule has 2 amide bonds. The SMILES string of the molecule is CN(c1cccc(Cl)c1)S(=O)(=O)c1cccc(C(=O)NCC(=O)NCc2ccco2)c1. The molecule has 3 rings (SSSR count). The van der Waals surface area contributed by atoms with Gasteiger partial charge in [0.1, 0.15) is 5.76 Å². The fourth-order valence-corrected chi connectivity index (χ4v) is 4.11. The van der Waals surface area contributed by atoms with Gasteiger partial charge in [-0.15, -0.1) is 0 Å². The Morgan fingerprint density at radius 3 is 2.52 bits per heavy atom. The quantitative estimate of drug-likeness (QED) is 0.536. The summed E-state index contributed by atoms with van der Waals surface area (Å²) in [6.45, 7) is -0.0653. The molecule has 31 heavy (non-hydrogen) atoms. The Morgan fingerprint density at radius 1 is 1.03 bits per heavy atom. The van der Waals surface area contributed by atoms with Crippen molar-refractivity contribution in [3.63, 3.8) is 0 Å². The van der Waals surface area contributed by atoms with Crippen LogP contribution in [0.2, 0.25) is 5.02 Å². The highest BCUT2D eigenvalue weighted by Crippen LogP contribution is 2.25. The van der Waals surface area contributed by atoms with E-state index in [9.17, 15) is 18.0 Å². The van der Waals surface area contributed by atoms with Crippen molar-refractivity contribution < 1.29 is 22.4 Å². The third-order valence-electron chi connectivity index (χ3n) is 4.38. The molecule has 3 aromatic rings. The smallest absolute Gasteiger partial charge is 0.264 e. The predicted molar refractivity (Wildman–Crippen MR) is 116 cm³/mol. The number of benzene rings is 2. The molecule has 0 unspecified atom stereocenters. The van der Waals surface area contributed by atoms with Crippen molar-refractivity contribution in [2.24, 2.45) is 0 Å². The first-order valence-electron chi connectivity index (χ1n) is 9.19. The second-order valence-corrected chi connectivity index (χ2v) is 8.92. The molecule has 8 nitrogen and oxygen atoms in total. The van der Waals surface area contributed by atoms with E-state index < -0.39 is 21.8 Å². The van der Waals surface area contributed by atoms with Gasteiger partial charge in [0.2, 0.25) is 5.91 Å². The van der Waals surface area contributed by atoms with Gasteiger partial charge in [-0.2, -0.15) is 0 Å². The molecule has 0 bridgehead atoms. The van der Waals surface area contributed by atoms with Gasteiger partial charge < -0.3 is 15.1 Å². The van der Waals surface area contributed by atoms with Crippen LogP contribution >= 0.6 is 11.6 Å². The number of furan rings is 1. The van der Waals surface area contributed by atoms with Crippen LogP contribution in [0.5, 0.6) is 0 Å². The molecule has 0 aliphatic carbocycles. The number of sulfonamides is 1. The molecule has 2 aromatic carbocycles. The maximum Gasteiger partial charge on any atom is 0.264 e. The summed E-state index contributed by atoms with van der Waals surface area (Å²) in [7, 11) is -2.52. The minimum Gasteiger partial charge on any atom is -0.467 e. The van der Waals surface area contributed by atoms with Crippen LogP contribution < -0.4 is 14.9 Å². The van der Waals surface area contributed by atoms with Crippen LogP contribution in [-0.4, -0.2) is 33.8 Å². The van der Waals surface area contributed by atoms with Crippen LogP contribution in [0.1, 0.15) is 16.1 Å². The van der Waals surface area contributed by atoms with Crippen molar-refractivity contribution in [1.82, 2.24) is 10.6 Å². The molecular formula is C21H20ClN3O5S. The molecule has 10 heteroatoms. The van der Waals surface area contributed by atoms with Crippen molar-refractivity contribution in [2.45, 2.75) is 11.4 Å². The number of hydrogen-bond acceptors (Lipinski definition) is 5. The number of halogens is 1. The number of carbonyl (C=O) groups excluding carboxylic acids is 2. The Bertz CT molecular complexity index is 1180. The van der Waals surface area contributed by atoms with E-state index in [2.05, 4.69) is 10.6 Å². The Balaban J connectivity index is 1.65. The zero-order valence-electron chi connectivity index (χ0n) is 16.5. The van der Waals surface area contributed by atoms with Crippen molar-refractivity contribution in [3.8, 4) is 0 Å². The third-order valence-corrected chi connectivity index (χ3v) is 6.39. The molecule has 1 aromatic heterocycles. The summed E-state index contributed by atoms with van der Waals surface area (Å²) in [6, 6.07) is 15.4. The fraction of sp³-hybridized carbons (Fsp3) is 0.143. The molecule has 0 fully saturated rings. The summed E-state index contributed by atoms with van der Waals surface area (Å²) in [5, 5.41) is 5.47. The van der Waals surface area contributed by atoms with Crippen LogP contribution in [-0.2, 0) is 21.4 Å². The molecule has 0 saturated heterocycles. The van der Waals surface area contributed by atoms with Gasteiger partial charge >= 0.3 is 0 Å². The maximum atomic E-state index is 13.0. The second-order valence-electron chi connectivity index (χ2n) is 6.52. The zero-order chi connectivity index (χ0) is 22.4. The first-order chi connectivity index (χ1) is 14.8. The number of nitrogens with zero attached hydrogens (tertiary/aromatic N) is 1. The van der Waals surface area contributed by atoms with Gasteiger partial charge in [-0.25, -0.2) is 8.42 Å².